The Morgan fingerprint density at radius 1 is 0.800 bits per heavy atom. The number of aliphatic carboxylic acids is 2. The van der Waals surface area contributed by atoms with Gasteiger partial charge in [-0.2, -0.15) is 0 Å². The van der Waals surface area contributed by atoms with Crippen molar-refractivity contribution in [2.75, 3.05) is 46.3 Å². The van der Waals surface area contributed by atoms with E-state index in [0.29, 0.717) is 0 Å². The number of carboxylic acid groups (broad SMARTS) is 2. The Bertz CT molecular complexity index is 489. The Labute approximate surface area is 147 Å². The number of carbonyl (C=O) groups is 4. The van der Waals surface area contributed by atoms with Crippen molar-refractivity contribution in [3.8, 4) is 0 Å². The highest BCUT2D eigenvalue weighted by molar-refractivity contribution is 5.80. The third-order valence-electron chi connectivity index (χ3n) is 2.98. The van der Waals surface area contributed by atoms with Gasteiger partial charge in [0, 0.05) is 25.7 Å². The zero-order valence-electron chi connectivity index (χ0n) is 15.2. The van der Waals surface area contributed by atoms with Crippen LogP contribution in [0.4, 0.5) is 0 Å². The first-order chi connectivity index (χ1) is 11.4. The third-order valence-corrected chi connectivity index (χ3v) is 2.98. The summed E-state index contributed by atoms with van der Waals surface area (Å²) in [7, 11) is 1.44. The zero-order chi connectivity index (χ0) is 19.6. The fraction of sp³-hybridized carbons (Fsp3) is 0.733. The number of hydrogen-bond acceptors (Lipinski definition) is 6. The molecule has 0 aliphatic heterocycles. The Hall–Kier alpha value is -2.20. The van der Waals surface area contributed by atoms with Gasteiger partial charge in [-0.3, -0.25) is 29.0 Å². The van der Waals surface area contributed by atoms with Crippen LogP contribution in [0.15, 0.2) is 0 Å². The van der Waals surface area contributed by atoms with Crippen LogP contribution in [-0.4, -0.2) is 95.6 Å². The SMILES string of the molecule is CNC(=O)CN(CCN(CC(=O)O)CC(=O)NC(C)(C)C)CC(=O)O. The Kier molecular flexibility index (Phi) is 9.69. The molecule has 0 heterocycles. The molecule has 4 N–H and O–H groups in total. The summed E-state index contributed by atoms with van der Waals surface area (Å²) in [6, 6.07) is 0. The summed E-state index contributed by atoms with van der Waals surface area (Å²) < 4.78 is 0. The van der Waals surface area contributed by atoms with Gasteiger partial charge in [0.05, 0.1) is 26.2 Å². The van der Waals surface area contributed by atoms with E-state index in [1.54, 1.807) is 0 Å². The minimum Gasteiger partial charge on any atom is -0.480 e. The second-order valence-electron chi connectivity index (χ2n) is 6.68. The van der Waals surface area contributed by atoms with Crippen LogP contribution in [0.1, 0.15) is 20.8 Å². The maximum absolute atomic E-state index is 12.0. The lowest BCUT2D eigenvalue weighted by molar-refractivity contribution is -0.141. The van der Waals surface area contributed by atoms with Gasteiger partial charge in [-0.25, -0.2) is 0 Å². The molecule has 0 aromatic heterocycles. The number of likely N-dealkylation sites (N-methyl/N-ethyl adjacent to an activating group) is 1. The van der Waals surface area contributed by atoms with Gasteiger partial charge >= 0.3 is 11.9 Å². The lowest BCUT2D eigenvalue weighted by Gasteiger charge is -2.27. The van der Waals surface area contributed by atoms with E-state index in [1.807, 2.05) is 20.8 Å². The van der Waals surface area contributed by atoms with Crippen molar-refractivity contribution in [2.24, 2.45) is 0 Å². The zero-order valence-corrected chi connectivity index (χ0v) is 15.2. The molecular formula is C15H28N4O6. The van der Waals surface area contributed by atoms with Crippen LogP contribution in [0, 0.1) is 0 Å². The first kappa shape index (κ1) is 22.8. The molecule has 0 unspecified atom stereocenters. The highest BCUT2D eigenvalue weighted by Crippen LogP contribution is 2.00. The predicted molar refractivity (Wildman–Crippen MR) is 90.1 cm³/mol. The maximum atomic E-state index is 12.0. The summed E-state index contributed by atoms with van der Waals surface area (Å²) >= 11 is 0. The smallest absolute Gasteiger partial charge is 0.317 e. The van der Waals surface area contributed by atoms with Crippen molar-refractivity contribution < 1.29 is 29.4 Å². The minimum atomic E-state index is -1.10. The lowest BCUT2D eigenvalue weighted by Crippen LogP contribution is -2.49. The predicted octanol–water partition coefficient (Wildman–Crippen LogP) is -1.58. The number of carboxylic acids is 2. The average molecular weight is 360 g/mol. The fourth-order valence-electron chi connectivity index (χ4n) is 2.04. The molecule has 25 heavy (non-hydrogen) atoms. The molecule has 0 aliphatic carbocycles. The van der Waals surface area contributed by atoms with Gasteiger partial charge in [-0.1, -0.05) is 0 Å². The molecule has 0 atom stereocenters. The quantitative estimate of drug-likeness (QED) is 0.346. The summed E-state index contributed by atoms with van der Waals surface area (Å²) in [4.78, 5) is 48.1. The van der Waals surface area contributed by atoms with Gasteiger partial charge < -0.3 is 20.8 Å². The first-order valence-electron chi connectivity index (χ1n) is 7.83. The molecule has 0 saturated heterocycles. The minimum absolute atomic E-state index is 0.127. The molecule has 0 aromatic rings. The molecule has 10 heteroatoms. The second-order valence-corrected chi connectivity index (χ2v) is 6.68. The number of nitrogens with zero attached hydrogens (tertiary/aromatic N) is 2. The van der Waals surface area contributed by atoms with Crippen LogP contribution in [0.5, 0.6) is 0 Å². The number of hydrogen-bond donors (Lipinski definition) is 4. The van der Waals surface area contributed by atoms with Gasteiger partial charge in [-0.15, -0.1) is 0 Å². The topological polar surface area (TPSA) is 139 Å². The number of nitrogens with one attached hydrogen (secondary N) is 2. The molecule has 0 spiro atoms. The number of rotatable bonds is 11. The van der Waals surface area contributed by atoms with Crippen LogP contribution in [0.25, 0.3) is 0 Å². The molecule has 144 valence electrons. The maximum Gasteiger partial charge on any atom is 0.317 e. The highest BCUT2D eigenvalue weighted by atomic mass is 16.4. The summed E-state index contributed by atoms with van der Waals surface area (Å²) in [5.74, 6) is -2.87. The van der Waals surface area contributed by atoms with E-state index >= 15 is 0 Å². The van der Waals surface area contributed by atoms with E-state index in [-0.39, 0.29) is 51.1 Å². The van der Waals surface area contributed by atoms with E-state index in [4.69, 9.17) is 10.2 Å². The van der Waals surface area contributed by atoms with Gasteiger partial charge in [-0.05, 0) is 20.8 Å². The molecule has 0 saturated carbocycles. The average Bonchev–Trinajstić information content (AvgIpc) is 2.40. The Morgan fingerprint density at radius 3 is 1.52 bits per heavy atom. The van der Waals surface area contributed by atoms with Crippen LogP contribution in [0.3, 0.4) is 0 Å². The van der Waals surface area contributed by atoms with E-state index in [2.05, 4.69) is 10.6 Å². The fourth-order valence-corrected chi connectivity index (χ4v) is 2.04. The molecule has 2 amide bonds. The second kappa shape index (κ2) is 10.6. The number of amides is 2. The summed E-state index contributed by atoms with van der Waals surface area (Å²) in [5.41, 5.74) is -0.444. The monoisotopic (exact) mass is 360 g/mol. The summed E-state index contributed by atoms with van der Waals surface area (Å²) in [6.07, 6.45) is 0. The molecular weight excluding hydrogens is 332 g/mol. The van der Waals surface area contributed by atoms with E-state index in [1.165, 1.54) is 16.8 Å². The van der Waals surface area contributed by atoms with E-state index in [9.17, 15) is 19.2 Å². The third kappa shape index (κ3) is 12.8. The summed E-state index contributed by atoms with van der Waals surface area (Å²) in [6.45, 7) is 4.71. The van der Waals surface area contributed by atoms with Gasteiger partial charge in [0.1, 0.15) is 0 Å². The van der Waals surface area contributed by atoms with E-state index < -0.39 is 17.5 Å². The van der Waals surface area contributed by atoms with Crippen molar-refractivity contribution in [3.63, 3.8) is 0 Å². The van der Waals surface area contributed by atoms with Crippen LogP contribution < -0.4 is 10.6 Å². The van der Waals surface area contributed by atoms with Crippen molar-refractivity contribution in [2.45, 2.75) is 26.3 Å². The number of carbonyl (C=O) groups excluding carboxylic acids is 2. The van der Waals surface area contributed by atoms with Crippen LogP contribution in [-0.2, 0) is 19.2 Å². The molecule has 0 aliphatic rings. The first-order valence-corrected chi connectivity index (χ1v) is 7.83. The van der Waals surface area contributed by atoms with Crippen LogP contribution in [0.2, 0.25) is 0 Å². The molecule has 0 aromatic carbocycles. The molecule has 0 rings (SSSR count). The normalized spacial score (nSPS) is 11.4. The van der Waals surface area contributed by atoms with Gasteiger partial charge in [0.2, 0.25) is 11.8 Å². The van der Waals surface area contributed by atoms with E-state index in [0.717, 1.165) is 0 Å². The highest BCUT2D eigenvalue weighted by Gasteiger charge is 2.20. The summed E-state index contributed by atoms with van der Waals surface area (Å²) in [5, 5.41) is 23.0. The van der Waals surface area contributed by atoms with Crippen molar-refractivity contribution >= 4 is 23.8 Å². The Morgan fingerprint density at radius 2 is 1.20 bits per heavy atom. The van der Waals surface area contributed by atoms with Gasteiger partial charge in [0.15, 0.2) is 0 Å². The molecule has 0 bridgehead atoms. The van der Waals surface area contributed by atoms with Crippen molar-refractivity contribution in [3.05, 3.63) is 0 Å². The molecule has 10 nitrogen and oxygen atoms in total. The van der Waals surface area contributed by atoms with Crippen molar-refractivity contribution in [1.82, 2.24) is 20.4 Å². The van der Waals surface area contributed by atoms with Crippen molar-refractivity contribution in [1.29, 1.82) is 0 Å². The van der Waals surface area contributed by atoms with Gasteiger partial charge in [0.25, 0.3) is 0 Å². The molecule has 0 radical (unpaired) electrons. The van der Waals surface area contributed by atoms with Crippen LogP contribution >= 0.6 is 0 Å². The Balaban J connectivity index is 4.80. The lowest BCUT2D eigenvalue weighted by atomic mass is 10.1. The molecule has 0 fully saturated rings. The largest absolute Gasteiger partial charge is 0.480 e. The standard InChI is InChI=1S/C15H28N4O6/c1-15(2,3)17-12(21)8-19(10-14(24)25)6-5-18(9-13(22)23)7-11(20)16-4/h5-10H2,1-4H3,(H,16,20)(H,17,21)(H,22,23)(H,24,25).